The Kier molecular flexibility index (Phi) is 5.96. The molecule has 31 heavy (non-hydrogen) atoms. The normalized spacial score (nSPS) is 10.6. The van der Waals surface area contributed by atoms with E-state index in [-0.39, 0.29) is 16.8 Å². The van der Waals surface area contributed by atoms with E-state index in [4.69, 9.17) is 11.6 Å². The molecule has 4 rings (SSSR count). The lowest BCUT2D eigenvalue weighted by atomic mass is 10.0. The van der Waals surface area contributed by atoms with Gasteiger partial charge in [0.25, 0.3) is 5.91 Å². The lowest BCUT2D eigenvalue weighted by molar-refractivity contribution is 0.102. The van der Waals surface area contributed by atoms with Crippen LogP contribution >= 0.6 is 11.6 Å². The fourth-order valence-corrected chi connectivity index (χ4v) is 3.68. The highest BCUT2D eigenvalue weighted by Gasteiger charge is 2.21. The van der Waals surface area contributed by atoms with E-state index in [1.165, 1.54) is 0 Å². The smallest absolute Gasteiger partial charge is 0.260 e. The number of aromatic nitrogens is 2. The molecule has 154 valence electrons. The Morgan fingerprint density at radius 3 is 2.26 bits per heavy atom. The van der Waals surface area contributed by atoms with Crippen LogP contribution in [0.3, 0.4) is 0 Å². The summed E-state index contributed by atoms with van der Waals surface area (Å²) in [6.45, 7) is 2.21. The molecule has 6 heteroatoms. The molecule has 0 fully saturated rings. The van der Waals surface area contributed by atoms with Crippen molar-refractivity contribution in [1.82, 2.24) is 9.78 Å². The van der Waals surface area contributed by atoms with Gasteiger partial charge in [0.05, 0.1) is 17.8 Å². The number of nitrogens with one attached hydrogen (secondary N) is 1. The van der Waals surface area contributed by atoms with E-state index in [0.29, 0.717) is 34.6 Å². The molecule has 0 spiro atoms. The third-order valence-electron chi connectivity index (χ3n) is 4.89. The largest absolute Gasteiger partial charge is 0.322 e. The van der Waals surface area contributed by atoms with Crippen molar-refractivity contribution >= 4 is 29.0 Å². The number of benzene rings is 3. The number of carbonyl (C=O) groups is 2. The number of hydrogen-bond donors (Lipinski definition) is 1. The second-order valence-corrected chi connectivity index (χ2v) is 7.48. The van der Waals surface area contributed by atoms with Gasteiger partial charge in [-0.3, -0.25) is 9.59 Å². The van der Waals surface area contributed by atoms with Gasteiger partial charge < -0.3 is 5.32 Å². The Bertz CT molecular complexity index is 1230. The highest BCUT2D eigenvalue weighted by molar-refractivity contribution is 6.33. The van der Waals surface area contributed by atoms with Crippen LogP contribution in [-0.2, 0) is 6.54 Å². The number of rotatable bonds is 6. The third kappa shape index (κ3) is 4.57. The summed E-state index contributed by atoms with van der Waals surface area (Å²) in [7, 11) is 0. The number of ketones is 1. The van der Waals surface area contributed by atoms with Gasteiger partial charge >= 0.3 is 0 Å². The molecule has 4 aromatic rings. The SMILES string of the molecule is Cc1nn(Cc2ccccc2)c(Cl)c1C(=O)Nc1cccc(C(=O)c2ccccc2)c1. The molecule has 0 bridgehead atoms. The van der Waals surface area contributed by atoms with Crippen molar-refractivity contribution in [2.24, 2.45) is 0 Å². The van der Waals surface area contributed by atoms with Gasteiger partial charge in [-0.2, -0.15) is 5.10 Å². The van der Waals surface area contributed by atoms with Gasteiger partial charge in [-0.1, -0.05) is 84.4 Å². The highest BCUT2D eigenvalue weighted by atomic mass is 35.5. The quantitative estimate of drug-likeness (QED) is 0.419. The van der Waals surface area contributed by atoms with E-state index in [2.05, 4.69) is 10.4 Å². The summed E-state index contributed by atoms with van der Waals surface area (Å²) in [6, 6.07) is 25.6. The van der Waals surface area contributed by atoms with Crippen molar-refractivity contribution in [3.05, 3.63) is 118 Å². The van der Waals surface area contributed by atoms with Gasteiger partial charge in [0.15, 0.2) is 5.78 Å². The summed E-state index contributed by atoms with van der Waals surface area (Å²) in [4.78, 5) is 25.6. The van der Waals surface area contributed by atoms with E-state index in [1.54, 1.807) is 48.0 Å². The van der Waals surface area contributed by atoms with Gasteiger partial charge in [0.2, 0.25) is 0 Å². The van der Waals surface area contributed by atoms with Crippen LogP contribution in [0.5, 0.6) is 0 Å². The number of nitrogens with zero attached hydrogens (tertiary/aromatic N) is 2. The van der Waals surface area contributed by atoms with E-state index < -0.39 is 0 Å². The number of carbonyl (C=O) groups excluding carboxylic acids is 2. The molecule has 1 N–H and O–H groups in total. The van der Waals surface area contributed by atoms with Crippen molar-refractivity contribution in [3.8, 4) is 0 Å². The van der Waals surface area contributed by atoms with Crippen molar-refractivity contribution < 1.29 is 9.59 Å². The minimum Gasteiger partial charge on any atom is -0.322 e. The highest BCUT2D eigenvalue weighted by Crippen LogP contribution is 2.23. The molecule has 0 aliphatic carbocycles. The van der Waals surface area contributed by atoms with Gasteiger partial charge in [0.1, 0.15) is 5.15 Å². The third-order valence-corrected chi connectivity index (χ3v) is 5.27. The fourth-order valence-electron chi connectivity index (χ4n) is 3.36. The Balaban J connectivity index is 1.54. The van der Waals surface area contributed by atoms with Crippen molar-refractivity contribution in [1.29, 1.82) is 0 Å². The molecule has 0 unspecified atom stereocenters. The number of hydrogen-bond acceptors (Lipinski definition) is 3. The van der Waals surface area contributed by atoms with Crippen LogP contribution in [0.2, 0.25) is 5.15 Å². The summed E-state index contributed by atoms with van der Waals surface area (Å²) in [5.74, 6) is -0.479. The maximum absolute atomic E-state index is 12.9. The lowest BCUT2D eigenvalue weighted by Gasteiger charge is -2.08. The van der Waals surface area contributed by atoms with Crippen LogP contribution < -0.4 is 5.32 Å². The van der Waals surface area contributed by atoms with Crippen LogP contribution in [0, 0.1) is 6.92 Å². The molecule has 1 aromatic heterocycles. The van der Waals surface area contributed by atoms with Crippen LogP contribution in [0.4, 0.5) is 5.69 Å². The Labute approximate surface area is 185 Å². The lowest BCUT2D eigenvalue weighted by Crippen LogP contribution is -2.14. The molecule has 1 amide bonds. The van der Waals surface area contributed by atoms with E-state index in [9.17, 15) is 9.59 Å². The zero-order valence-electron chi connectivity index (χ0n) is 16.9. The Morgan fingerprint density at radius 1 is 0.903 bits per heavy atom. The van der Waals surface area contributed by atoms with Gasteiger partial charge in [-0.25, -0.2) is 4.68 Å². The van der Waals surface area contributed by atoms with Gasteiger partial charge in [0, 0.05) is 16.8 Å². The second kappa shape index (κ2) is 8.98. The number of amides is 1. The van der Waals surface area contributed by atoms with Crippen molar-refractivity contribution in [2.45, 2.75) is 13.5 Å². The summed E-state index contributed by atoms with van der Waals surface area (Å²) in [6.07, 6.45) is 0. The van der Waals surface area contributed by atoms with Gasteiger partial charge in [-0.15, -0.1) is 0 Å². The average Bonchev–Trinajstić information content (AvgIpc) is 3.07. The van der Waals surface area contributed by atoms with Crippen LogP contribution in [0.25, 0.3) is 0 Å². The molecule has 0 aliphatic heterocycles. The maximum Gasteiger partial charge on any atom is 0.260 e. The molecular formula is C25H20ClN3O2. The molecule has 0 saturated heterocycles. The predicted octanol–water partition coefficient (Wildman–Crippen LogP) is 5.38. The summed E-state index contributed by atoms with van der Waals surface area (Å²) >= 11 is 6.49. The first-order valence-electron chi connectivity index (χ1n) is 9.81. The topological polar surface area (TPSA) is 64.0 Å². The minimum absolute atomic E-state index is 0.110. The second-order valence-electron chi connectivity index (χ2n) is 7.12. The van der Waals surface area contributed by atoms with Crippen LogP contribution in [0.15, 0.2) is 84.9 Å². The molecule has 3 aromatic carbocycles. The Hall–Kier alpha value is -3.70. The first-order chi connectivity index (χ1) is 15.0. The minimum atomic E-state index is -0.369. The fraction of sp³-hybridized carbons (Fsp3) is 0.0800. The molecule has 1 heterocycles. The first kappa shape index (κ1) is 20.6. The summed E-state index contributed by atoms with van der Waals surface area (Å²) in [5.41, 5.74) is 3.48. The van der Waals surface area contributed by atoms with Crippen molar-refractivity contribution in [3.63, 3.8) is 0 Å². The maximum atomic E-state index is 12.9. The molecule has 0 saturated carbocycles. The van der Waals surface area contributed by atoms with Crippen LogP contribution in [0.1, 0.15) is 37.5 Å². The summed E-state index contributed by atoms with van der Waals surface area (Å²) in [5, 5.41) is 7.53. The zero-order valence-corrected chi connectivity index (χ0v) is 17.6. The molecule has 0 radical (unpaired) electrons. The monoisotopic (exact) mass is 429 g/mol. The van der Waals surface area contributed by atoms with E-state index in [0.717, 1.165) is 5.56 Å². The Morgan fingerprint density at radius 2 is 1.55 bits per heavy atom. The molecule has 0 atom stereocenters. The average molecular weight is 430 g/mol. The zero-order chi connectivity index (χ0) is 21.8. The standard InChI is InChI=1S/C25H20ClN3O2/c1-17-22(24(26)29(28-17)16-18-9-4-2-5-10-18)25(31)27-21-14-8-13-20(15-21)23(30)19-11-6-3-7-12-19/h2-15H,16H2,1H3,(H,27,31). The van der Waals surface area contributed by atoms with E-state index >= 15 is 0 Å². The first-order valence-corrected chi connectivity index (χ1v) is 10.2. The number of halogens is 1. The van der Waals surface area contributed by atoms with Crippen LogP contribution in [-0.4, -0.2) is 21.5 Å². The number of anilines is 1. The predicted molar refractivity (Wildman–Crippen MR) is 122 cm³/mol. The van der Waals surface area contributed by atoms with E-state index in [1.807, 2.05) is 48.5 Å². The number of aryl methyl sites for hydroxylation is 1. The van der Waals surface area contributed by atoms with Crippen molar-refractivity contribution in [2.75, 3.05) is 5.32 Å². The molecule has 0 aliphatic rings. The molecular weight excluding hydrogens is 410 g/mol. The molecule has 5 nitrogen and oxygen atoms in total. The summed E-state index contributed by atoms with van der Waals surface area (Å²) < 4.78 is 1.61. The van der Waals surface area contributed by atoms with Gasteiger partial charge in [-0.05, 0) is 24.6 Å².